The molecule has 1 aromatic heterocycles. The number of hydrogen-bond acceptors (Lipinski definition) is 3. The number of hydrogen-bond donors (Lipinski definition) is 2. The minimum absolute atomic E-state index is 0.0606. The third-order valence-corrected chi connectivity index (χ3v) is 3.57. The average Bonchev–Trinajstić information content (AvgIpc) is 2.61. The van der Waals surface area contributed by atoms with Gasteiger partial charge in [0.25, 0.3) is 0 Å². The quantitative estimate of drug-likeness (QED) is 0.755. The first-order valence-corrected chi connectivity index (χ1v) is 7.37. The number of aromatic carboxylic acids is 1. The summed E-state index contributed by atoms with van der Waals surface area (Å²) < 4.78 is 5.86. The number of para-hydroxylation sites is 1. The number of carboxylic acids is 1. The van der Waals surface area contributed by atoms with Gasteiger partial charge in [0.2, 0.25) is 5.56 Å². The molecule has 0 fully saturated rings. The van der Waals surface area contributed by atoms with Crippen molar-refractivity contribution in [2.45, 2.75) is 6.61 Å². The van der Waals surface area contributed by atoms with Gasteiger partial charge < -0.3 is 14.8 Å². The fraction of sp³-hybridized carbons (Fsp3) is 0.0526. The number of nitrogens with one attached hydrogen (secondary N) is 1. The number of pyridine rings is 1. The highest BCUT2D eigenvalue weighted by Crippen LogP contribution is 2.31. The second-order valence-corrected chi connectivity index (χ2v) is 5.20. The van der Waals surface area contributed by atoms with Crippen molar-refractivity contribution in [1.82, 2.24) is 4.98 Å². The van der Waals surface area contributed by atoms with E-state index in [-0.39, 0.29) is 5.56 Å². The molecule has 0 aliphatic heterocycles. The number of ether oxygens (including phenoxy) is 1. The number of benzene rings is 2. The van der Waals surface area contributed by atoms with Crippen LogP contribution in [0, 0.1) is 0 Å². The number of H-pyrrole nitrogens is 1. The first-order valence-electron chi connectivity index (χ1n) is 7.37. The van der Waals surface area contributed by atoms with Crippen LogP contribution in [0.5, 0.6) is 5.75 Å². The average molecular weight is 321 g/mol. The van der Waals surface area contributed by atoms with Crippen molar-refractivity contribution in [2.24, 2.45) is 0 Å². The van der Waals surface area contributed by atoms with E-state index in [4.69, 9.17) is 4.74 Å². The monoisotopic (exact) mass is 321 g/mol. The third kappa shape index (κ3) is 3.35. The predicted molar refractivity (Wildman–Crippen MR) is 90.2 cm³/mol. The lowest BCUT2D eigenvalue weighted by Gasteiger charge is -2.13. The number of carbonyl (C=O) groups is 1. The lowest BCUT2D eigenvalue weighted by molar-refractivity contribution is 0.0697. The molecule has 0 saturated carbocycles. The normalized spacial score (nSPS) is 10.3. The Kier molecular flexibility index (Phi) is 4.43. The number of rotatable bonds is 5. The van der Waals surface area contributed by atoms with Gasteiger partial charge >= 0.3 is 5.97 Å². The van der Waals surface area contributed by atoms with Gasteiger partial charge in [0.05, 0.1) is 5.56 Å². The van der Waals surface area contributed by atoms with Gasteiger partial charge in [-0.15, -0.1) is 0 Å². The van der Waals surface area contributed by atoms with Gasteiger partial charge in [0, 0.05) is 23.4 Å². The number of aromatic nitrogens is 1. The van der Waals surface area contributed by atoms with Gasteiger partial charge in [-0.25, -0.2) is 4.79 Å². The van der Waals surface area contributed by atoms with E-state index >= 15 is 0 Å². The molecule has 0 atom stereocenters. The molecule has 0 aliphatic rings. The van der Waals surface area contributed by atoms with Crippen molar-refractivity contribution in [1.29, 1.82) is 0 Å². The smallest absolute Gasteiger partial charge is 0.336 e. The first-order chi connectivity index (χ1) is 11.6. The number of aromatic amines is 1. The molecule has 0 radical (unpaired) electrons. The van der Waals surface area contributed by atoms with Crippen LogP contribution in [0.4, 0.5) is 0 Å². The molecule has 0 amide bonds. The minimum Gasteiger partial charge on any atom is -0.488 e. The van der Waals surface area contributed by atoms with Gasteiger partial charge in [0.1, 0.15) is 12.4 Å². The molecule has 120 valence electrons. The van der Waals surface area contributed by atoms with Gasteiger partial charge in [-0.1, -0.05) is 48.5 Å². The van der Waals surface area contributed by atoms with Crippen LogP contribution in [0.2, 0.25) is 0 Å². The fourth-order valence-corrected chi connectivity index (χ4v) is 2.42. The second-order valence-electron chi connectivity index (χ2n) is 5.20. The van der Waals surface area contributed by atoms with Crippen molar-refractivity contribution >= 4 is 5.97 Å². The Labute approximate surface area is 138 Å². The number of carboxylic acid groups (broad SMARTS) is 1. The van der Waals surface area contributed by atoms with Crippen molar-refractivity contribution < 1.29 is 14.6 Å². The molecule has 0 bridgehead atoms. The second kappa shape index (κ2) is 6.83. The summed E-state index contributed by atoms with van der Waals surface area (Å²) in [5.41, 5.74) is 1.51. The topological polar surface area (TPSA) is 79.4 Å². The van der Waals surface area contributed by atoms with E-state index < -0.39 is 11.5 Å². The van der Waals surface area contributed by atoms with Crippen LogP contribution in [0.3, 0.4) is 0 Å². The highest BCUT2D eigenvalue weighted by atomic mass is 16.5. The van der Waals surface area contributed by atoms with Crippen LogP contribution in [-0.4, -0.2) is 16.1 Å². The van der Waals surface area contributed by atoms with E-state index in [0.717, 1.165) is 11.6 Å². The van der Waals surface area contributed by atoms with E-state index in [1.54, 1.807) is 18.2 Å². The highest BCUT2D eigenvalue weighted by molar-refractivity contribution is 5.96. The molecule has 5 heteroatoms. The Morgan fingerprint density at radius 1 is 1.00 bits per heavy atom. The fourth-order valence-electron chi connectivity index (χ4n) is 2.42. The minimum atomic E-state index is -1.16. The molecular formula is C19H15NO4. The molecule has 2 N–H and O–H groups in total. The summed E-state index contributed by atoms with van der Waals surface area (Å²) in [7, 11) is 0. The summed E-state index contributed by atoms with van der Waals surface area (Å²) in [6.45, 7) is 0.365. The van der Waals surface area contributed by atoms with E-state index in [0.29, 0.717) is 23.5 Å². The van der Waals surface area contributed by atoms with Crippen molar-refractivity contribution in [3.63, 3.8) is 0 Å². The molecule has 1 heterocycles. The maximum absolute atomic E-state index is 11.4. The van der Waals surface area contributed by atoms with Crippen LogP contribution in [0.15, 0.2) is 71.7 Å². The maximum atomic E-state index is 11.4. The van der Waals surface area contributed by atoms with Crippen molar-refractivity contribution in [3.05, 3.63) is 88.3 Å². The SMILES string of the molecule is O=C(O)c1cc(=O)[nH]cc1-c1ccccc1OCc1ccccc1. The van der Waals surface area contributed by atoms with Gasteiger partial charge in [0.15, 0.2) is 0 Å². The summed E-state index contributed by atoms with van der Waals surface area (Å²) in [6.07, 6.45) is 1.40. The molecule has 0 unspecified atom stereocenters. The molecular weight excluding hydrogens is 306 g/mol. The maximum Gasteiger partial charge on any atom is 0.336 e. The zero-order valence-corrected chi connectivity index (χ0v) is 12.7. The molecule has 24 heavy (non-hydrogen) atoms. The van der Waals surface area contributed by atoms with E-state index in [2.05, 4.69) is 4.98 Å². The summed E-state index contributed by atoms with van der Waals surface area (Å²) in [5.74, 6) is -0.607. The zero-order valence-electron chi connectivity index (χ0n) is 12.7. The zero-order chi connectivity index (χ0) is 16.9. The molecule has 0 aliphatic carbocycles. The van der Waals surface area contributed by atoms with Gasteiger partial charge in [-0.3, -0.25) is 4.79 Å². The van der Waals surface area contributed by atoms with Gasteiger partial charge in [-0.05, 0) is 11.6 Å². The summed E-state index contributed by atoms with van der Waals surface area (Å²) in [5, 5.41) is 9.36. The molecule has 5 nitrogen and oxygen atoms in total. The van der Waals surface area contributed by atoms with Crippen molar-refractivity contribution in [2.75, 3.05) is 0 Å². The Bertz CT molecular complexity index is 916. The molecule has 2 aromatic carbocycles. The molecule has 0 saturated heterocycles. The standard InChI is InChI=1S/C19H15NO4/c21-18-10-15(19(22)23)16(11-20-18)14-8-4-5-9-17(14)24-12-13-6-2-1-3-7-13/h1-11H,12H2,(H,20,21)(H,22,23). The Balaban J connectivity index is 1.98. The van der Waals surface area contributed by atoms with E-state index in [1.165, 1.54) is 6.20 Å². The largest absolute Gasteiger partial charge is 0.488 e. The van der Waals surface area contributed by atoms with Crippen LogP contribution in [0.25, 0.3) is 11.1 Å². The van der Waals surface area contributed by atoms with E-state index in [9.17, 15) is 14.7 Å². The van der Waals surface area contributed by atoms with Crippen LogP contribution >= 0.6 is 0 Å². The summed E-state index contributed by atoms with van der Waals surface area (Å²) in [4.78, 5) is 25.4. The lowest BCUT2D eigenvalue weighted by atomic mass is 10.0. The Morgan fingerprint density at radius 2 is 1.71 bits per heavy atom. The van der Waals surface area contributed by atoms with Gasteiger partial charge in [-0.2, -0.15) is 0 Å². The Morgan fingerprint density at radius 3 is 2.46 bits per heavy atom. The lowest BCUT2D eigenvalue weighted by Crippen LogP contribution is -2.10. The summed E-state index contributed by atoms with van der Waals surface area (Å²) in [6, 6.07) is 17.9. The summed E-state index contributed by atoms with van der Waals surface area (Å²) >= 11 is 0. The molecule has 0 spiro atoms. The van der Waals surface area contributed by atoms with Crippen LogP contribution in [0.1, 0.15) is 15.9 Å². The van der Waals surface area contributed by atoms with E-state index in [1.807, 2.05) is 36.4 Å². The van der Waals surface area contributed by atoms with Crippen LogP contribution in [-0.2, 0) is 6.61 Å². The third-order valence-electron chi connectivity index (χ3n) is 3.57. The predicted octanol–water partition coefficient (Wildman–Crippen LogP) is 3.32. The highest BCUT2D eigenvalue weighted by Gasteiger charge is 2.16. The molecule has 3 rings (SSSR count). The Hall–Kier alpha value is -3.34. The first kappa shape index (κ1) is 15.6. The molecule has 3 aromatic rings. The van der Waals surface area contributed by atoms with Crippen LogP contribution < -0.4 is 10.3 Å². The van der Waals surface area contributed by atoms with Crippen molar-refractivity contribution in [3.8, 4) is 16.9 Å².